The zero-order chi connectivity index (χ0) is 14.1. The van der Waals surface area contributed by atoms with E-state index in [4.69, 9.17) is 0 Å². The van der Waals surface area contributed by atoms with Crippen LogP contribution < -0.4 is 5.32 Å². The number of aromatic amines is 1. The Morgan fingerprint density at radius 2 is 2.30 bits per heavy atom. The van der Waals surface area contributed by atoms with Crippen molar-refractivity contribution in [3.63, 3.8) is 0 Å². The van der Waals surface area contributed by atoms with Gasteiger partial charge >= 0.3 is 0 Å². The number of thiophene rings is 1. The van der Waals surface area contributed by atoms with Crippen LogP contribution >= 0.6 is 11.3 Å². The van der Waals surface area contributed by atoms with Crippen LogP contribution in [0.4, 0.5) is 5.69 Å². The van der Waals surface area contributed by atoms with Gasteiger partial charge in [-0.2, -0.15) is 5.10 Å². The van der Waals surface area contributed by atoms with Gasteiger partial charge in [-0.25, -0.2) is 0 Å². The second-order valence-corrected chi connectivity index (χ2v) is 5.75. The number of carbonyl (C=O) groups excluding carboxylic acids is 1. The topological polar surface area (TPSA) is 57.8 Å². The number of anilines is 1. The van der Waals surface area contributed by atoms with Crippen molar-refractivity contribution in [2.45, 2.75) is 20.3 Å². The Morgan fingerprint density at radius 3 is 3.10 bits per heavy atom. The summed E-state index contributed by atoms with van der Waals surface area (Å²) in [5.74, 6) is -0.0472. The van der Waals surface area contributed by atoms with E-state index < -0.39 is 0 Å². The lowest BCUT2D eigenvalue weighted by Gasteiger charge is -2.06. The van der Waals surface area contributed by atoms with Crippen molar-refractivity contribution in [2.24, 2.45) is 0 Å². The summed E-state index contributed by atoms with van der Waals surface area (Å²) in [5, 5.41) is 12.7. The molecule has 0 fully saturated rings. The maximum atomic E-state index is 12.4. The Labute approximate surface area is 120 Å². The summed E-state index contributed by atoms with van der Waals surface area (Å²) in [6.07, 6.45) is 2.62. The molecular weight excluding hydrogens is 270 g/mol. The highest BCUT2D eigenvalue weighted by Crippen LogP contribution is 2.24. The minimum atomic E-state index is -0.0472. The van der Waals surface area contributed by atoms with E-state index in [1.165, 1.54) is 4.88 Å². The van der Waals surface area contributed by atoms with E-state index in [0.29, 0.717) is 0 Å². The largest absolute Gasteiger partial charge is 0.322 e. The smallest absolute Gasteiger partial charge is 0.256 e. The van der Waals surface area contributed by atoms with Gasteiger partial charge in [0, 0.05) is 21.3 Å². The van der Waals surface area contributed by atoms with Crippen LogP contribution in [0.3, 0.4) is 0 Å². The molecule has 0 saturated carbocycles. The van der Waals surface area contributed by atoms with Gasteiger partial charge in [0.2, 0.25) is 0 Å². The fourth-order valence-corrected chi connectivity index (χ4v) is 3.27. The monoisotopic (exact) mass is 285 g/mol. The molecule has 2 aromatic heterocycles. The van der Waals surface area contributed by atoms with Crippen molar-refractivity contribution < 1.29 is 4.79 Å². The van der Waals surface area contributed by atoms with Crippen LogP contribution in [0.1, 0.15) is 27.7 Å². The minimum Gasteiger partial charge on any atom is -0.322 e. The molecule has 0 radical (unpaired) electrons. The quantitative estimate of drug-likeness (QED) is 0.770. The predicted molar refractivity (Wildman–Crippen MR) is 82.5 cm³/mol. The first-order chi connectivity index (χ1) is 9.69. The fraction of sp³-hybridized carbons (Fsp3) is 0.200. The molecule has 3 aromatic rings. The van der Waals surface area contributed by atoms with Crippen molar-refractivity contribution in [1.82, 2.24) is 10.2 Å². The minimum absolute atomic E-state index is 0.0472. The van der Waals surface area contributed by atoms with Crippen LogP contribution in [0.15, 0.2) is 29.8 Å². The number of H-pyrrole nitrogens is 1. The SMILES string of the molecule is CCc1c(C(=O)Nc2ccc3[nH]ncc3c2)csc1C. The molecule has 0 saturated heterocycles. The first-order valence-corrected chi connectivity index (χ1v) is 7.38. The average molecular weight is 285 g/mol. The molecule has 4 nitrogen and oxygen atoms in total. The summed E-state index contributed by atoms with van der Waals surface area (Å²) in [7, 11) is 0. The number of nitrogens with one attached hydrogen (secondary N) is 2. The van der Waals surface area contributed by atoms with Crippen LogP contribution in [0.5, 0.6) is 0 Å². The molecule has 3 rings (SSSR count). The molecule has 1 aromatic carbocycles. The molecule has 0 spiro atoms. The second kappa shape index (κ2) is 5.09. The molecule has 5 heteroatoms. The lowest BCUT2D eigenvalue weighted by molar-refractivity contribution is 0.102. The normalized spacial score (nSPS) is 10.9. The van der Waals surface area contributed by atoms with Gasteiger partial charge in [-0.3, -0.25) is 9.89 Å². The van der Waals surface area contributed by atoms with Crippen LogP contribution in [0.25, 0.3) is 10.9 Å². The van der Waals surface area contributed by atoms with Gasteiger partial charge in [-0.05, 0) is 37.1 Å². The Hall–Kier alpha value is -2.14. The van der Waals surface area contributed by atoms with E-state index in [1.807, 2.05) is 23.6 Å². The summed E-state index contributed by atoms with van der Waals surface area (Å²) < 4.78 is 0. The third-order valence-corrected chi connectivity index (χ3v) is 4.35. The van der Waals surface area contributed by atoms with E-state index in [-0.39, 0.29) is 5.91 Å². The third kappa shape index (κ3) is 2.20. The number of rotatable bonds is 3. The molecule has 0 bridgehead atoms. The molecular formula is C15H15N3OS. The first-order valence-electron chi connectivity index (χ1n) is 6.50. The van der Waals surface area contributed by atoms with Gasteiger partial charge in [-0.15, -0.1) is 11.3 Å². The maximum Gasteiger partial charge on any atom is 0.256 e. The van der Waals surface area contributed by atoms with Gasteiger partial charge < -0.3 is 5.32 Å². The Kier molecular flexibility index (Phi) is 3.28. The molecule has 0 aliphatic heterocycles. The highest BCUT2D eigenvalue weighted by atomic mass is 32.1. The Balaban J connectivity index is 1.87. The lowest BCUT2D eigenvalue weighted by atomic mass is 10.1. The van der Waals surface area contributed by atoms with Gasteiger partial charge in [0.1, 0.15) is 0 Å². The average Bonchev–Trinajstić information content (AvgIpc) is 3.04. The summed E-state index contributed by atoms with van der Waals surface area (Å²) >= 11 is 1.62. The molecule has 102 valence electrons. The molecule has 0 atom stereocenters. The molecule has 1 amide bonds. The molecule has 20 heavy (non-hydrogen) atoms. The summed E-state index contributed by atoms with van der Waals surface area (Å²) in [6.45, 7) is 4.13. The van der Waals surface area contributed by atoms with Gasteiger partial charge in [-0.1, -0.05) is 6.92 Å². The first kappa shape index (κ1) is 12.9. The molecule has 2 heterocycles. The van der Waals surface area contributed by atoms with E-state index in [2.05, 4.69) is 29.4 Å². The molecule has 0 unspecified atom stereocenters. The van der Waals surface area contributed by atoms with E-state index in [0.717, 1.165) is 34.1 Å². The number of carbonyl (C=O) groups is 1. The van der Waals surface area contributed by atoms with Crippen LogP contribution in [-0.2, 0) is 6.42 Å². The number of hydrogen-bond donors (Lipinski definition) is 2. The van der Waals surface area contributed by atoms with E-state index in [1.54, 1.807) is 17.5 Å². The highest BCUT2D eigenvalue weighted by molar-refractivity contribution is 7.10. The number of amides is 1. The van der Waals surface area contributed by atoms with Gasteiger partial charge in [0.05, 0.1) is 17.3 Å². The predicted octanol–water partition coefficient (Wildman–Crippen LogP) is 3.75. The summed E-state index contributed by atoms with van der Waals surface area (Å²) in [5.41, 5.74) is 3.66. The number of nitrogens with zero attached hydrogens (tertiary/aromatic N) is 1. The zero-order valence-electron chi connectivity index (χ0n) is 11.4. The lowest BCUT2D eigenvalue weighted by Crippen LogP contribution is -2.12. The van der Waals surface area contributed by atoms with E-state index in [9.17, 15) is 4.79 Å². The van der Waals surface area contributed by atoms with Crippen molar-refractivity contribution in [3.05, 3.63) is 45.8 Å². The third-order valence-electron chi connectivity index (χ3n) is 3.40. The van der Waals surface area contributed by atoms with Crippen molar-refractivity contribution in [1.29, 1.82) is 0 Å². The number of benzene rings is 1. The van der Waals surface area contributed by atoms with Crippen molar-refractivity contribution in [3.8, 4) is 0 Å². The van der Waals surface area contributed by atoms with Crippen molar-refractivity contribution >= 4 is 33.8 Å². The molecule has 0 aliphatic rings. The highest BCUT2D eigenvalue weighted by Gasteiger charge is 2.14. The number of fused-ring (bicyclic) bond motifs is 1. The molecule has 0 aliphatic carbocycles. The van der Waals surface area contributed by atoms with Gasteiger partial charge in [0.25, 0.3) is 5.91 Å². The number of aromatic nitrogens is 2. The van der Waals surface area contributed by atoms with Crippen LogP contribution in [0, 0.1) is 6.92 Å². The number of aryl methyl sites for hydroxylation is 1. The summed E-state index contributed by atoms with van der Waals surface area (Å²) in [4.78, 5) is 13.6. The Morgan fingerprint density at radius 1 is 1.45 bits per heavy atom. The number of hydrogen-bond acceptors (Lipinski definition) is 3. The zero-order valence-corrected chi connectivity index (χ0v) is 12.2. The fourth-order valence-electron chi connectivity index (χ4n) is 2.33. The molecule has 2 N–H and O–H groups in total. The second-order valence-electron chi connectivity index (χ2n) is 4.66. The van der Waals surface area contributed by atoms with E-state index >= 15 is 0 Å². The van der Waals surface area contributed by atoms with Crippen molar-refractivity contribution in [2.75, 3.05) is 5.32 Å². The van der Waals surface area contributed by atoms with Gasteiger partial charge in [0.15, 0.2) is 0 Å². The van der Waals surface area contributed by atoms with Crippen LogP contribution in [0.2, 0.25) is 0 Å². The van der Waals surface area contributed by atoms with Crippen LogP contribution in [-0.4, -0.2) is 16.1 Å². The maximum absolute atomic E-state index is 12.4. The Bertz CT molecular complexity index is 772. The summed E-state index contributed by atoms with van der Waals surface area (Å²) in [6, 6.07) is 5.71. The standard InChI is InChI=1S/C15H15N3OS/c1-3-12-9(2)20-8-13(12)15(19)17-11-4-5-14-10(6-11)7-16-18-14/h4-8H,3H2,1-2H3,(H,16,18)(H,17,19).